The third kappa shape index (κ3) is 1.48. The van der Waals surface area contributed by atoms with Gasteiger partial charge in [0.05, 0.1) is 27.6 Å². The van der Waals surface area contributed by atoms with Gasteiger partial charge in [-0.3, -0.25) is 9.59 Å². The third-order valence-corrected chi connectivity index (χ3v) is 5.37. The van der Waals surface area contributed by atoms with E-state index in [9.17, 15) is 9.59 Å². The van der Waals surface area contributed by atoms with Crippen LogP contribution < -0.4 is 4.90 Å². The molecule has 1 aromatic rings. The zero-order chi connectivity index (χ0) is 14.0. The standard InChI is InChI=1S/C15H11Cl2NO2/c16-10-4-3-9(6-11(10)17)18-14(19)12-7-1-2-8(5-7)13(12)15(18)20/h1-4,6-8,12-13H,5H2/t7-,8-,12-,13-/m1/s1. The maximum absolute atomic E-state index is 12.6. The summed E-state index contributed by atoms with van der Waals surface area (Å²) in [5.74, 6) is -0.146. The van der Waals surface area contributed by atoms with Gasteiger partial charge in [-0.1, -0.05) is 35.4 Å². The molecule has 3 nitrogen and oxygen atoms in total. The zero-order valence-corrected chi connectivity index (χ0v) is 11.9. The Kier molecular flexibility index (Phi) is 2.54. The highest BCUT2D eigenvalue weighted by atomic mass is 35.5. The molecule has 2 fully saturated rings. The normalized spacial score (nSPS) is 34.2. The number of benzene rings is 1. The van der Waals surface area contributed by atoms with Crippen LogP contribution >= 0.6 is 23.2 Å². The molecule has 1 saturated carbocycles. The van der Waals surface area contributed by atoms with Crippen LogP contribution in [0.1, 0.15) is 6.42 Å². The van der Waals surface area contributed by atoms with E-state index in [1.165, 1.54) is 4.90 Å². The first kappa shape index (κ1) is 12.4. The quantitative estimate of drug-likeness (QED) is 0.589. The molecule has 0 unspecified atom stereocenters. The number of carbonyl (C=O) groups is 2. The lowest BCUT2D eigenvalue weighted by atomic mass is 9.85. The number of allylic oxidation sites excluding steroid dienone is 2. The summed E-state index contributed by atoms with van der Waals surface area (Å²) in [7, 11) is 0. The van der Waals surface area contributed by atoms with Crippen molar-refractivity contribution in [2.45, 2.75) is 6.42 Å². The number of anilines is 1. The number of fused-ring (bicyclic) bond motifs is 5. The molecule has 0 spiro atoms. The fraction of sp³-hybridized carbons (Fsp3) is 0.333. The zero-order valence-electron chi connectivity index (χ0n) is 10.4. The Morgan fingerprint density at radius 1 is 0.950 bits per heavy atom. The number of hydrogen-bond acceptors (Lipinski definition) is 2. The summed E-state index contributed by atoms with van der Waals surface area (Å²) < 4.78 is 0. The Balaban J connectivity index is 1.76. The minimum absolute atomic E-state index is 0.102. The van der Waals surface area contributed by atoms with Crippen molar-refractivity contribution < 1.29 is 9.59 Å². The van der Waals surface area contributed by atoms with E-state index in [2.05, 4.69) is 12.2 Å². The van der Waals surface area contributed by atoms with Gasteiger partial charge in [-0.05, 0) is 36.5 Å². The topological polar surface area (TPSA) is 37.4 Å². The molecule has 1 saturated heterocycles. The van der Waals surface area contributed by atoms with E-state index in [1.54, 1.807) is 18.2 Å². The predicted octanol–water partition coefficient (Wildman–Crippen LogP) is 3.30. The van der Waals surface area contributed by atoms with Gasteiger partial charge in [-0.2, -0.15) is 0 Å². The van der Waals surface area contributed by atoms with E-state index >= 15 is 0 Å². The monoisotopic (exact) mass is 307 g/mol. The van der Waals surface area contributed by atoms with Crippen LogP contribution in [0.15, 0.2) is 30.4 Å². The highest BCUT2D eigenvalue weighted by Crippen LogP contribution is 2.53. The van der Waals surface area contributed by atoms with E-state index in [1.807, 2.05) is 0 Å². The fourth-order valence-electron chi connectivity index (χ4n) is 3.78. The van der Waals surface area contributed by atoms with Crippen molar-refractivity contribution in [2.75, 3.05) is 4.90 Å². The predicted molar refractivity (Wildman–Crippen MR) is 76.7 cm³/mol. The van der Waals surface area contributed by atoms with Gasteiger partial charge in [0.15, 0.2) is 0 Å². The Morgan fingerprint density at radius 3 is 2.10 bits per heavy atom. The minimum atomic E-state index is -0.188. The molecule has 1 heterocycles. The van der Waals surface area contributed by atoms with Crippen molar-refractivity contribution in [3.63, 3.8) is 0 Å². The Bertz CT molecular complexity index is 640. The molecular formula is C15H11Cl2NO2. The van der Waals surface area contributed by atoms with Crippen molar-refractivity contribution in [3.8, 4) is 0 Å². The number of hydrogen-bond donors (Lipinski definition) is 0. The number of nitrogens with zero attached hydrogens (tertiary/aromatic N) is 1. The lowest BCUT2D eigenvalue weighted by molar-refractivity contribution is -0.123. The smallest absolute Gasteiger partial charge is 0.238 e. The lowest BCUT2D eigenvalue weighted by Crippen LogP contribution is -2.32. The lowest BCUT2D eigenvalue weighted by Gasteiger charge is -2.17. The van der Waals surface area contributed by atoms with Gasteiger partial charge < -0.3 is 0 Å². The maximum Gasteiger partial charge on any atom is 0.238 e. The van der Waals surface area contributed by atoms with Gasteiger partial charge >= 0.3 is 0 Å². The molecule has 0 radical (unpaired) electrons. The van der Waals surface area contributed by atoms with Crippen molar-refractivity contribution in [2.24, 2.45) is 23.7 Å². The van der Waals surface area contributed by atoms with Gasteiger partial charge in [0, 0.05) is 0 Å². The third-order valence-electron chi connectivity index (χ3n) is 4.63. The van der Waals surface area contributed by atoms with E-state index in [4.69, 9.17) is 23.2 Å². The van der Waals surface area contributed by atoms with E-state index < -0.39 is 0 Å². The van der Waals surface area contributed by atoms with Gasteiger partial charge in [-0.25, -0.2) is 4.90 Å². The molecule has 102 valence electrons. The summed E-state index contributed by atoms with van der Waals surface area (Å²) in [4.78, 5) is 26.4. The second-order valence-electron chi connectivity index (χ2n) is 5.61. The molecule has 1 aromatic carbocycles. The fourth-order valence-corrected chi connectivity index (χ4v) is 4.07. The molecule has 4 rings (SSSR count). The summed E-state index contributed by atoms with van der Waals surface area (Å²) in [6.45, 7) is 0. The summed E-state index contributed by atoms with van der Waals surface area (Å²) >= 11 is 11.9. The van der Waals surface area contributed by atoms with Crippen LogP contribution in [0.25, 0.3) is 0 Å². The average molecular weight is 308 g/mol. The molecule has 20 heavy (non-hydrogen) atoms. The first-order valence-electron chi connectivity index (χ1n) is 6.59. The number of rotatable bonds is 1. The number of carbonyl (C=O) groups excluding carboxylic acids is 2. The van der Waals surface area contributed by atoms with Gasteiger partial charge in [-0.15, -0.1) is 0 Å². The van der Waals surface area contributed by atoms with E-state index in [0.717, 1.165) is 6.42 Å². The Labute approximate surface area is 126 Å². The molecule has 1 aliphatic heterocycles. The first-order chi connectivity index (χ1) is 9.58. The van der Waals surface area contributed by atoms with Gasteiger partial charge in [0.1, 0.15) is 0 Å². The Hall–Kier alpha value is -1.32. The van der Waals surface area contributed by atoms with Crippen LogP contribution in [0.3, 0.4) is 0 Å². The molecule has 4 atom stereocenters. The maximum atomic E-state index is 12.6. The highest BCUT2D eigenvalue weighted by Gasteiger charge is 2.59. The van der Waals surface area contributed by atoms with Crippen LogP contribution in [0.2, 0.25) is 10.0 Å². The molecule has 2 amide bonds. The van der Waals surface area contributed by atoms with Crippen molar-refractivity contribution >= 4 is 40.7 Å². The number of imide groups is 1. The Morgan fingerprint density at radius 2 is 1.55 bits per heavy atom. The van der Waals surface area contributed by atoms with E-state index in [-0.39, 0.29) is 35.5 Å². The number of amides is 2. The van der Waals surface area contributed by atoms with Crippen LogP contribution in [0.5, 0.6) is 0 Å². The number of halogens is 2. The summed E-state index contributed by atoms with van der Waals surface area (Å²) in [6.07, 6.45) is 5.09. The average Bonchev–Trinajstić information content (AvgIpc) is 3.08. The molecule has 2 aliphatic carbocycles. The summed E-state index contributed by atoms with van der Waals surface area (Å²) in [5.41, 5.74) is 0.517. The first-order valence-corrected chi connectivity index (χ1v) is 7.34. The van der Waals surface area contributed by atoms with Crippen molar-refractivity contribution in [3.05, 3.63) is 40.4 Å². The van der Waals surface area contributed by atoms with Gasteiger partial charge in [0.25, 0.3) is 0 Å². The minimum Gasteiger partial charge on any atom is -0.274 e. The van der Waals surface area contributed by atoms with Crippen LogP contribution in [-0.2, 0) is 9.59 Å². The van der Waals surface area contributed by atoms with E-state index in [0.29, 0.717) is 15.7 Å². The summed E-state index contributed by atoms with van der Waals surface area (Å²) in [6, 6.07) is 4.86. The van der Waals surface area contributed by atoms with Crippen LogP contribution in [0.4, 0.5) is 5.69 Å². The van der Waals surface area contributed by atoms with Gasteiger partial charge in [0.2, 0.25) is 11.8 Å². The van der Waals surface area contributed by atoms with Crippen LogP contribution in [-0.4, -0.2) is 11.8 Å². The highest BCUT2D eigenvalue weighted by molar-refractivity contribution is 6.42. The second kappa shape index (κ2) is 4.09. The second-order valence-corrected chi connectivity index (χ2v) is 6.42. The summed E-state index contributed by atoms with van der Waals surface area (Å²) in [5, 5.41) is 0.763. The van der Waals surface area contributed by atoms with Crippen molar-refractivity contribution in [1.82, 2.24) is 0 Å². The molecule has 5 heteroatoms. The SMILES string of the molecule is O=C1[C@H]2[C@H](C(=O)N1c1ccc(Cl)c(Cl)c1)[C@@H]1C=C[C@@H]2C1. The molecular weight excluding hydrogens is 297 g/mol. The van der Waals surface area contributed by atoms with Crippen molar-refractivity contribution in [1.29, 1.82) is 0 Å². The molecule has 0 aromatic heterocycles. The molecule has 0 N–H and O–H groups in total. The molecule has 3 aliphatic rings. The largest absolute Gasteiger partial charge is 0.274 e. The molecule has 2 bridgehead atoms. The van der Waals surface area contributed by atoms with Crippen LogP contribution in [0, 0.1) is 23.7 Å².